The van der Waals surface area contributed by atoms with Crippen LogP contribution in [0.3, 0.4) is 0 Å². The Kier molecular flexibility index (Phi) is 6.76. The summed E-state index contributed by atoms with van der Waals surface area (Å²) in [5.41, 5.74) is 6.47. The molecular formula is C14H18Cl2N4O. The van der Waals surface area contributed by atoms with Crippen LogP contribution in [0.2, 0.25) is 10.0 Å². The number of amides is 1. The quantitative estimate of drug-likeness (QED) is 0.786. The molecule has 0 aliphatic carbocycles. The van der Waals surface area contributed by atoms with Crippen LogP contribution in [0.5, 0.6) is 0 Å². The number of benzene rings is 1. The first-order valence-electron chi connectivity index (χ1n) is 6.50. The van der Waals surface area contributed by atoms with Gasteiger partial charge in [0.15, 0.2) is 0 Å². The fourth-order valence-electron chi connectivity index (χ4n) is 1.80. The third kappa shape index (κ3) is 5.43. The van der Waals surface area contributed by atoms with Crippen molar-refractivity contribution in [1.29, 1.82) is 5.26 Å². The highest BCUT2D eigenvalue weighted by atomic mass is 35.5. The van der Waals surface area contributed by atoms with Crippen molar-refractivity contribution >= 4 is 40.5 Å². The number of nitrogens with two attached hydrogens (primary N) is 1. The molecule has 0 fully saturated rings. The molecule has 1 rings (SSSR count). The summed E-state index contributed by atoms with van der Waals surface area (Å²) in [4.78, 5) is 14.0. The van der Waals surface area contributed by atoms with E-state index in [0.717, 1.165) is 0 Å². The average molecular weight is 329 g/mol. The molecular weight excluding hydrogens is 311 g/mol. The van der Waals surface area contributed by atoms with Gasteiger partial charge in [-0.05, 0) is 26.0 Å². The Hall–Kier alpha value is -1.48. The van der Waals surface area contributed by atoms with E-state index in [1.165, 1.54) is 12.1 Å². The third-order valence-corrected chi connectivity index (χ3v) is 3.45. The molecule has 0 aliphatic heterocycles. The monoisotopic (exact) mass is 328 g/mol. The van der Waals surface area contributed by atoms with Crippen LogP contribution in [-0.2, 0) is 4.79 Å². The van der Waals surface area contributed by atoms with E-state index in [0.29, 0.717) is 34.4 Å². The predicted octanol–water partition coefficient (Wildman–Crippen LogP) is 3.14. The Balaban J connectivity index is 2.75. The van der Waals surface area contributed by atoms with Gasteiger partial charge >= 0.3 is 0 Å². The third-order valence-electron chi connectivity index (χ3n) is 2.94. The second-order valence-electron chi connectivity index (χ2n) is 4.87. The summed E-state index contributed by atoms with van der Waals surface area (Å²) in [5.74, 6) is -0.238. The van der Waals surface area contributed by atoms with Gasteiger partial charge in [-0.15, -0.1) is 0 Å². The molecule has 0 bridgehead atoms. The summed E-state index contributed by atoms with van der Waals surface area (Å²) in [6.07, 6.45) is 0.370. The predicted molar refractivity (Wildman–Crippen MR) is 86.4 cm³/mol. The van der Waals surface area contributed by atoms with E-state index in [4.69, 9.17) is 34.2 Å². The first-order valence-corrected chi connectivity index (χ1v) is 7.26. The summed E-state index contributed by atoms with van der Waals surface area (Å²) in [6.45, 7) is 4.63. The van der Waals surface area contributed by atoms with Crippen LogP contribution in [0.4, 0.5) is 11.4 Å². The van der Waals surface area contributed by atoms with Crippen LogP contribution in [-0.4, -0.2) is 29.9 Å². The first-order chi connectivity index (χ1) is 9.85. The topological polar surface area (TPSA) is 82.2 Å². The zero-order valence-electron chi connectivity index (χ0n) is 12.0. The van der Waals surface area contributed by atoms with Crippen LogP contribution in [0.15, 0.2) is 12.1 Å². The highest BCUT2D eigenvalue weighted by Gasteiger charge is 2.16. The molecule has 5 nitrogen and oxygen atoms in total. The van der Waals surface area contributed by atoms with Gasteiger partial charge in [-0.2, -0.15) is 5.26 Å². The minimum absolute atomic E-state index is 0.155. The number of carbonyl (C=O) groups excluding carboxylic acids is 1. The molecule has 3 N–H and O–H groups in total. The summed E-state index contributed by atoms with van der Waals surface area (Å²) < 4.78 is 0. The van der Waals surface area contributed by atoms with Gasteiger partial charge in [0.2, 0.25) is 5.91 Å². The normalized spacial score (nSPS) is 10.7. The number of rotatable bonds is 6. The molecule has 0 atom stereocenters. The van der Waals surface area contributed by atoms with Gasteiger partial charge in [-0.1, -0.05) is 23.2 Å². The van der Waals surface area contributed by atoms with Gasteiger partial charge in [0, 0.05) is 24.0 Å². The maximum Gasteiger partial charge on any atom is 0.238 e. The van der Waals surface area contributed by atoms with Crippen molar-refractivity contribution in [2.45, 2.75) is 26.3 Å². The smallest absolute Gasteiger partial charge is 0.238 e. The molecule has 0 saturated heterocycles. The van der Waals surface area contributed by atoms with E-state index in [1.807, 2.05) is 18.7 Å². The fourth-order valence-corrected chi connectivity index (χ4v) is 2.36. The molecule has 0 saturated carbocycles. The zero-order valence-corrected chi connectivity index (χ0v) is 13.5. The van der Waals surface area contributed by atoms with Gasteiger partial charge < -0.3 is 11.1 Å². The molecule has 0 aliphatic rings. The molecule has 1 aromatic rings. The van der Waals surface area contributed by atoms with Crippen LogP contribution in [0, 0.1) is 11.3 Å². The molecule has 114 valence electrons. The van der Waals surface area contributed by atoms with Crippen LogP contribution in [0.25, 0.3) is 0 Å². The van der Waals surface area contributed by atoms with Crippen LogP contribution < -0.4 is 11.1 Å². The Labute approximate surface area is 134 Å². The van der Waals surface area contributed by atoms with Crippen molar-refractivity contribution in [1.82, 2.24) is 4.90 Å². The van der Waals surface area contributed by atoms with Crippen molar-refractivity contribution in [2.75, 3.05) is 24.1 Å². The lowest BCUT2D eigenvalue weighted by atomic mass is 10.2. The summed E-state index contributed by atoms with van der Waals surface area (Å²) in [6, 6.07) is 5.27. The number of anilines is 2. The van der Waals surface area contributed by atoms with E-state index in [1.54, 1.807) is 0 Å². The molecule has 0 unspecified atom stereocenters. The highest BCUT2D eigenvalue weighted by Crippen LogP contribution is 2.31. The second-order valence-corrected chi connectivity index (χ2v) is 5.72. The van der Waals surface area contributed by atoms with Crippen LogP contribution >= 0.6 is 23.2 Å². The van der Waals surface area contributed by atoms with Gasteiger partial charge in [-0.25, -0.2) is 0 Å². The molecule has 21 heavy (non-hydrogen) atoms. The molecule has 1 amide bonds. The maximum absolute atomic E-state index is 12.1. The maximum atomic E-state index is 12.1. The lowest BCUT2D eigenvalue weighted by molar-refractivity contribution is -0.117. The number of hydrogen-bond donors (Lipinski definition) is 2. The van der Waals surface area contributed by atoms with Crippen molar-refractivity contribution in [2.24, 2.45) is 0 Å². The lowest BCUT2D eigenvalue weighted by Gasteiger charge is -2.24. The van der Waals surface area contributed by atoms with E-state index >= 15 is 0 Å². The summed E-state index contributed by atoms with van der Waals surface area (Å²) in [5, 5.41) is 12.0. The Bertz CT molecular complexity index is 531. The number of nitrogen functional groups attached to an aromatic ring is 1. The van der Waals surface area contributed by atoms with E-state index < -0.39 is 0 Å². The Morgan fingerprint density at radius 2 is 2.14 bits per heavy atom. The Morgan fingerprint density at radius 1 is 1.48 bits per heavy atom. The van der Waals surface area contributed by atoms with Crippen LogP contribution in [0.1, 0.15) is 20.3 Å². The molecule has 7 heteroatoms. The van der Waals surface area contributed by atoms with Gasteiger partial charge in [-0.3, -0.25) is 9.69 Å². The fraction of sp³-hybridized carbons (Fsp3) is 0.429. The molecule has 0 radical (unpaired) electrons. The molecule has 0 heterocycles. The van der Waals surface area contributed by atoms with Crippen molar-refractivity contribution < 1.29 is 4.79 Å². The van der Waals surface area contributed by atoms with Gasteiger partial charge in [0.05, 0.1) is 29.0 Å². The largest absolute Gasteiger partial charge is 0.397 e. The first kappa shape index (κ1) is 17.6. The zero-order chi connectivity index (χ0) is 16.0. The molecule has 1 aromatic carbocycles. The summed E-state index contributed by atoms with van der Waals surface area (Å²) >= 11 is 11.9. The number of hydrogen-bond acceptors (Lipinski definition) is 4. The second kappa shape index (κ2) is 8.08. The van der Waals surface area contributed by atoms with E-state index in [2.05, 4.69) is 11.4 Å². The molecule has 0 spiro atoms. The lowest BCUT2D eigenvalue weighted by Crippen LogP contribution is -2.38. The SMILES string of the molecule is CC(C)N(CCC#N)CC(=O)Nc1c(N)cc(Cl)cc1Cl. The van der Waals surface area contributed by atoms with Crippen molar-refractivity contribution in [3.63, 3.8) is 0 Å². The molecule has 0 aromatic heterocycles. The van der Waals surface area contributed by atoms with Crippen molar-refractivity contribution in [3.8, 4) is 6.07 Å². The van der Waals surface area contributed by atoms with E-state index in [-0.39, 0.29) is 18.5 Å². The number of halogens is 2. The number of nitrogens with zero attached hydrogens (tertiary/aromatic N) is 2. The number of carbonyl (C=O) groups is 1. The highest BCUT2D eigenvalue weighted by molar-refractivity contribution is 6.37. The minimum atomic E-state index is -0.238. The standard InChI is InChI=1S/C14H18Cl2N4O/c1-9(2)20(5-3-4-17)8-13(21)19-14-11(16)6-10(15)7-12(14)18/h6-7,9H,3,5,8,18H2,1-2H3,(H,19,21). The summed E-state index contributed by atoms with van der Waals surface area (Å²) in [7, 11) is 0. The van der Waals surface area contributed by atoms with Gasteiger partial charge in [0.25, 0.3) is 0 Å². The Morgan fingerprint density at radius 3 is 2.67 bits per heavy atom. The minimum Gasteiger partial charge on any atom is -0.397 e. The number of nitriles is 1. The van der Waals surface area contributed by atoms with Crippen molar-refractivity contribution in [3.05, 3.63) is 22.2 Å². The van der Waals surface area contributed by atoms with E-state index in [9.17, 15) is 4.79 Å². The average Bonchev–Trinajstić information content (AvgIpc) is 2.38. The number of nitrogens with one attached hydrogen (secondary N) is 1. The van der Waals surface area contributed by atoms with Gasteiger partial charge in [0.1, 0.15) is 0 Å².